The van der Waals surface area contributed by atoms with Gasteiger partial charge >= 0.3 is 6.09 Å². The van der Waals surface area contributed by atoms with Crippen molar-refractivity contribution in [3.8, 4) is 0 Å². The molecule has 1 heterocycles. The Kier molecular flexibility index (Phi) is 12.0. The van der Waals surface area contributed by atoms with Crippen molar-refractivity contribution < 1.29 is 32.0 Å². The van der Waals surface area contributed by atoms with Crippen molar-refractivity contribution in [2.24, 2.45) is 11.7 Å². The van der Waals surface area contributed by atoms with E-state index in [1.54, 1.807) is 12.1 Å². The number of hydrogen-bond acceptors (Lipinski definition) is 7. The Morgan fingerprint density at radius 2 is 1.61 bits per heavy atom. The number of hydrogen-bond donors (Lipinski definition) is 2. The van der Waals surface area contributed by atoms with Crippen LogP contribution in [-0.4, -0.2) is 48.7 Å². The molecule has 1 aliphatic heterocycles. The molecule has 0 bridgehead atoms. The van der Waals surface area contributed by atoms with Gasteiger partial charge in [0.15, 0.2) is 0 Å². The van der Waals surface area contributed by atoms with E-state index in [9.17, 15) is 18.0 Å². The van der Waals surface area contributed by atoms with Gasteiger partial charge in [-0.3, -0.25) is 9.35 Å². The van der Waals surface area contributed by atoms with Gasteiger partial charge in [-0.2, -0.15) is 8.42 Å². The van der Waals surface area contributed by atoms with E-state index >= 15 is 0 Å². The first-order valence-electron chi connectivity index (χ1n) is 13.6. The smallest absolute Gasteiger partial charge is 0.416 e. The normalized spacial score (nSPS) is 16.3. The van der Waals surface area contributed by atoms with Gasteiger partial charge in [0, 0.05) is 0 Å². The molecular formula is C31H38N2O7S. The zero-order valence-corrected chi connectivity index (χ0v) is 24.2. The van der Waals surface area contributed by atoms with Crippen LogP contribution < -0.4 is 5.73 Å². The summed E-state index contributed by atoms with van der Waals surface area (Å²) in [4.78, 5) is 27.0. The second kappa shape index (κ2) is 15.4. The van der Waals surface area contributed by atoms with Crippen molar-refractivity contribution in [3.63, 3.8) is 0 Å². The maximum atomic E-state index is 13.4. The molecule has 3 aromatic rings. The Morgan fingerprint density at radius 3 is 2.17 bits per heavy atom. The van der Waals surface area contributed by atoms with E-state index in [0.29, 0.717) is 19.4 Å². The van der Waals surface area contributed by atoms with E-state index in [4.69, 9.17) is 19.8 Å². The van der Waals surface area contributed by atoms with E-state index in [2.05, 4.69) is 6.92 Å². The van der Waals surface area contributed by atoms with Gasteiger partial charge in [-0.1, -0.05) is 98.1 Å². The zero-order valence-electron chi connectivity index (χ0n) is 23.4. The lowest BCUT2D eigenvalue weighted by molar-refractivity contribution is -0.139. The van der Waals surface area contributed by atoms with Crippen LogP contribution in [0.2, 0.25) is 0 Å². The molecule has 1 fully saturated rings. The molecule has 3 atom stereocenters. The molecule has 0 radical (unpaired) electrons. The van der Waals surface area contributed by atoms with Gasteiger partial charge < -0.3 is 15.2 Å². The monoisotopic (exact) mass is 582 g/mol. The minimum atomic E-state index is -4.02. The number of carbonyl (C=O) groups excluding carboxylic acids is 2. The van der Waals surface area contributed by atoms with Crippen molar-refractivity contribution in [2.45, 2.75) is 63.3 Å². The Bertz CT molecular complexity index is 1350. The molecule has 3 unspecified atom stereocenters. The number of nitrogens with two attached hydrogens (primary N) is 1. The van der Waals surface area contributed by atoms with Gasteiger partial charge in [0.1, 0.15) is 12.8 Å². The average Bonchev–Trinajstić information content (AvgIpc) is 3.32. The number of aryl methyl sites for hydroxylation is 1. The van der Waals surface area contributed by atoms with E-state index in [0.717, 1.165) is 29.5 Å². The fraction of sp³-hybridized carbons (Fsp3) is 0.355. The molecule has 1 saturated heterocycles. The first kappa shape index (κ1) is 32.0. The SMILES string of the molecule is CCCCC(C(=O)N1C(=O)OCC1Cc1ccccc1)C(N)OCc1ccccc1.Cc1ccc(S(=O)(=O)O)cc1. The van der Waals surface area contributed by atoms with Gasteiger partial charge in [0.2, 0.25) is 5.91 Å². The lowest BCUT2D eigenvalue weighted by Crippen LogP contribution is -2.49. The van der Waals surface area contributed by atoms with Crippen LogP contribution in [0.3, 0.4) is 0 Å². The van der Waals surface area contributed by atoms with Gasteiger partial charge in [0.05, 0.1) is 23.5 Å². The summed E-state index contributed by atoms with van der Waals surface area (Å²) in [6.07, 6.45) is 1.47. The van der Waals surface area contributed by atoms with Crippen molar-refractivity contribution in [1.29, 1.82) is 0 Å². The topological polar surface area (TPSA) is 136 Å². The second-order valence-electron chi connectivity index (χ2n) is 9.93. The summed E-state index contributed by atoms with van der Waals surface area (Å²) in [5.41, 5.74) is 9.29. The Balaban J connectivity index is 0.000000352. The summed E-state index contributed by atoms with van der Waals surface area (Å²) in [7, 11) is -4.02. The largest absolute Gasteiger partial charge is 0.447 e. The highest BCUT2D eigenvalue weighted by atomic mass is 32.2. The van der Waals surface area contributed by atoms with Crippen molar-refractivity contribution in [1.82, 2.24) is 4.90 Å². The predicted molar refractivity (Wildman–Crippen MR) is 155 cm³/mol. The number of cyclic esters (lactones) is 1. The maximum Gasteiger partial charge on any atom is 0.416 e. The third-order valence-electron chi connectivity index (χ3n) is 6.70. The third-order valence-corrected chi connectivity index (χ3v) is 7.57. The summed E-state index contributed by atoms with van der Waals surface area (Å²) >= 11 is 0. The van der Waals surface area contributed by atoms with Crippen LogP contribution in [-0.2, 0) is 37.4 Å². The molecule has 0 spiro atoms. The molecule has 1 aliphatic rings. The summed E-state index contributed by atoms with van der Waals surface area (Å²) in [5.74, 6) is -0.912. The molecule has 4 rings (SSSR count). The minimum Gasteiger partial charge on any atom is -0.447 e. The predicted octanol–water partition coefficient (Wildman–Crippen LogP) is 5.13. The molecule has 10 heteroatoms. The van der Waals surface area contributed by atoms with Crippen LogP contribution in [0.1, 0.15) is 42.9 Å². The molecule has 0 saturated carbocycles. The van der Waals surface area contributed by atoms with Crippen molar-refractivity contribution in [3.05, 3.63) is 102 Å². The molecule has 2 amide bonds. The first-order chi connectivity index (χ1) is 19.6. The van der Waals surface area contributed by atoms with Crippen molar-refractivity contribution >= 4 is 22.1 Å². The van der Waals surface area contributed by atoms with Gasteiger partial charge in [-0.15, -0.1) is 0 Å². The van der Waals surface area contributed by atoms with Crippen LogP contribution in [0.5, 0.6) is 0 Å². The van der Waals surface area contributed by atoms with Crippen molar-refractivity contribution in [2.75, 3.05) is 6.61 Å². The summed E-state index contributed by atoms with van der Waals surface area (Å²) in [5, 5.41) is 0. The lowest BCUT2D eigenvalue weighted by Gasteiger charge is -2.28. The molecule has 0 aliphatic carbocycles. The maximum absolute atomic E-state index is 13.4. The number of imide groups is 1. The number of rotatable bonds is 11. The molecule has 3 N–H and O–H groups in total. The number of unbranched alkanes of at least 4 members (excludes halogenated alkanes) is 1. The van der Waals surface area contributed by atoms with Crippen LogP contribution in [0.4, 0.5) is 4.79 Å². The van der Waals surface area contributed by atoms with Crippen LogP contribution >= 0.6 is 0 Å². The Morgan fingerprint density at radius 1 is 1.02 bits per heavy atom. The molecular weight excluding hydrogens is 544 g/mol. The van der Waals surface area contributed by atoms with Gasteiger partial charge in [-0.05, 0) is 43.0 Å². The quantitative estimate of drug-likeness (QED) is 0.235. The summed E-state index contributed by atoms with van der Waals surface area (Å²) < 4.78 is 40.6. The van der Waals surface area contributed by atoms with Crippen LogP contribution in [0.25, 0.3) is 0 Å². The minimum absolute atomic E-state index is 0.0666. The van der Waals surface area contributed by atoms with Gasteiger partial charge in [-0.25, -0.2) is 9.69 Å². The molecule has 0 aromatic heterocycles. The number of ether oxygens (including phenoxy) is 2. The summed E-state index contributed by atoms with van der Waals surface area (Å²) in [6.45, 7) is 4.41. The first-order valence-corrected chi connectivity index (χ1v) is 15.0. The third kappa shape index (κ3) is 9.79. The Labute approximate surface area is 242 Å². The average molecular weight is 583 g/mol. The molecule has 41 heavy (non-hydrogen) atoms. The fourth-order valence-corrected chi connectivity index (χ4v) is 4.87. The highest BCUT2D eigenvalue weighted by Crippen LogP contribution is 2.24. The molecule has 3 aromatic carbocycles. The Hall–Kier alpha value is -3.57. The van der Waals surface area contributed by atoms with E-state index in [1.807, 2.05) is 67.6 Å². The standard InChI is InChI=1S/C24H30N2O4.C7H8O3S/c1-2-3-14-21(22(25)29-16-19-12-8-5-9-13-19)23(27)26-20(17-30-24(26)28)15-18-10-6-4-7-11-18;1-6-2-4-7(5-3-6)11(8,9)10/h4-13,20-22H,2-3,14-17,25H2,1H3;2-5H,1H3,(H,8,9,10). The van der Waals surface area contributed by atoms with E-state index in [1.165, 1.54) is 17.0 Å². The van der Waals surface area contributed by atoms with Crippen LogP contribution in [0.15, 0.2) is 89.8 Å². The number of amides is 2. The number of carbonyl (C=O) groups is 2. The van der Waals surface area contributed by atoms with E-state index < -0.39 is 28.4 Å². The molecule has 9 nitrogen and oxygen atoms in total. The molecule has 220 valence electrons. The number of benzene rings is 3. The summed E-state index contributed by atoms with van der Waals surface area (Å²) in [6, 6.07) is 25.1. The lowest BCUT2D eigenvalue weighted by atomic mass is 9.97. The van der Waals surface area contributed by atoms with Crippen LogP contribution in [0, 0.1) is 12.8 Å². The highest BCUT2D eigenvalue weighted by molar-refractivity contribution is 7.85. The second-order valence-corrected chi connectivity index (χ2v) is 11.3. The van der Waals surface area contributed by atoms with Gasteiger partial charge in [0.25, 0.3) is 10.1 Å². The van der Waals surface area contributed by atoms with E-state index in [-0.39, 0.29) is 23.5 Å². The fourth-order valence-electron chi connectivity index (χ4n) is 4.39. The highest BCUT2D eigenvalue weighted by Gasteiger charge is 2.42. The number of nitrogens with zero attached hydrogens (tertiary/aromatic N) is 1. The zero-order chi connectivity index (χ0) is 29.8.